The van der Waals surface area contributed by atoms with Gasteiger partial charge in [-0.2, -0.15) is 0 Å². The zero-order valence-electron chi connectivity index (χ0n) is 16.5. The Morgan fingerprint density at radius 3 is 2.48 bits per heavy atom. The van der Waals surface area contributed by atoms with Crippen LogP contribution in [-0.2, 0) is 16.1 Å². The summed E-state index contributed by atoms with van der Waals surface area (Å²) in [5, 5.41) is 0. The van der Waals surface area contributed by atoms with E-state index in [9.17, 15) is 4.79 Å². The van der Waals surface area contributed by atoms with Crippen LogP contribution in [0.4, 0.5) is 0 Å². The van der Waals surface area contributed by atoms with E-state index in [-0.39, 0.29) is 11.6 Å². The van der Waals surface area contributed by atoms with Crippen LogP contribution in [0.15, 0.2) is 86.4 Å². The molecule has 4 rings (SSSR count). The number of hydrogen-bond donors (Lipinski definition) is 0. The molecule has 1 heterocycles. The molecule has 7 heteroatoms. The maximum atomic E-state index is 12.3. The molecule has 0 aromatic heterocycles. The number of halogens is 2. The SMILES string of the molecule is COc1cc(/C=C2\N=C(c3ccc(Br)cc3)OC2=O)cc(Br)c1OCc1ccccc1. The predicted molar refractivity (Wildman–Crippen MR) is 126 cm³/mol. The van der Waals surface area contributed by atoms with Crippen LogP contribution < -0.4 is 9.47 Å². The molecule has 3 aromatic carbocycles. The van der Waals surface area contributed by atoms with E-state index >= 15 is 0 Å². The highest BCUT2D eigenvalue weighted by molar-refractivity contribution is 9.10. The number of carbonyl (C=O) groups excluding carboxylic acids is 1. The number of esters is 1. The largest absolute Gasteiger partial charge is 0.493 e. The summed E-state index contributed by atoms with van der Waals surface area (Å²) < 4.78 is 18.4. The van der Waals surface area contributed by atoms with E-state index in [4.69, 9.17) is 14.2 Å². The van der Waals surface area contributed by atoms with Crippen molar-refractivity contribution in [1.82, 2.24) is 0 Å². The number of methoxy groups -OCH3 is 1. The first-order chi connectivity index (χ1) is 15.0. The van der Waals surface area contributed by atoms with Crippen LogP contribution in [0.5, 0.6) is 11.5 Å². The molecule has 0 amide bonds. The number of hydrogen-bond acceptors (Lipinski definition) is 5. The molecule has 0 unspecified atom stereocenters. The highest BCUT2D eigenvalue weighted by Crippen LogP contribution is 2.38. The van der Waals surface area contributed by atoms with Gasteiger partial charge in [0.2, 0.25) is 5.90 Å². The molecule has 1 aliphatic rings. The van der Waals surface area contributed by atoms with Crippen LogP contribution in [0.2, 0.25) is 0 Å². The van der Waals surface area contributed by atoms with Gasteiger partial charge in [-0.15, -0.1) is 0 Å². The highest BCUT2D eigenvalue weighted by Gasteiger charge is 2.24. The van der Waals surface area contributed by atoms with Gasteiger partial charge in [0.1, 0.15) is 6.61 Å². The Labute approximate surface area is 196 Å². The zero-order chi connectivity index (χ0) is 21.8. The lowest BCUT2D eigenvalue weighted by Gasteiger charge is -2.13. The minimum Gasteiger partial charge on any atom is -0.493 e. The third-order valence-corrected chi connectivity index (χ3v) is 5.61. The number of rotatable bonds is 6. The van der Waals surface area contributed by atoms with E-state index in [1.807, 2.05) is 60.7 Å². The maximum absolute atomic E-state index is 12.3. The van der Waals surface area contributed by atoms with Gasteiger partial charge < -0.3 is 14.2 Å². The molecular formula is C24H17Br2NO4. The summed E-state index contributed by atoms with van der Waals surface area (Å²) in [7, 11) is 1.57. The Balaban J connectivity index is 1.59. The Hall–Kier alpha value is -2.90. The molecule has 0 aliphatic carbocycles. The van der Waals surface area contributed by atoms with Crippen molar-refractivity contribution in [3.05, 3.63) is 98.1 Å². The molecule has 0 fully saturated rings. The molecular weight excluding hydrogens is 526 g/mol. The number of benzene rings is 3. The summed E-state index contributed by atoms with van der Waals surface area (Å²) in [5.41, 5.74) is 2.71. The van der Waals surface area contributed by atoms with Gasteiger partial charge in [-0.05, 0) is 69.5 Å². The predicted octanol–water partition coefficient (Wildman–Crippen LogP) is 6.14. The van der Waals surface area contributed by atoms with Crippen molar-refractivity contribution < 1.29 is 19.0 Å². The van der Waals surface area contributed by atoms with Crippen LogP contribution in [-0.4, -0.2) is 19.0 Å². The number of nitrogens with zero attached hydrogens (tertiary/aromatic N) is 1. The standard InChI is InChI=1S/C24H17Br2NO4/c1-29-21-13-16(11-19(26)22(21)30-14-15-5-3-2-4-6-15)12-20-24(28)31-23(27-20)17-7-9-18(25)10-8-17/h2-13H,14H2,1H3/b20-12-. The summed E-state index contributed by atoms with van der Waals surface area (Å²) in [4.78, 5) is 16.7. The van der Waals surface area contributed by atoms with E-state index in [1.165, 1.54) is 0 Å². The van der Waals surface area contributed by atoms with Crippen molar-refractivity contribution >= 4 is 49.8 Å². The summed E-state index contributed by atoms with van der Waals surface area (Å²) >= 11 is 6.93. The molecule has 156 valence electrons. The lowest BCUT2D eigenvalue weighted by Crippen LogP contribution is -2.05. The monoisotopic (exact) mass is 541 g/mol. The van der Waals surface area contributed by atoms with Crippen LogP contribution in [0.25, 0.3) is 6.08 Å². The van der Waals surface area contributed by atoms with Gasteiger partial charge in [-0.1, -0.05) is 46.3 Å². The van der Waals surface area contributed by atoms with Crippen molar-refractivity contribution in [2.24, 2.45) is 4.99 Å². The normalized spacial score (nSPS) is 14.4. The third-order valence-electron chi connectivity index (χ3n) is 4.49. The quantitative estimate of drug-likeness (QED) is 0.277. The van der Waals surface area contributed by atoms with E-state index in [0.29, 0.717) is 22.6 Å². The van der Waals surface area contributed by atoms with Crippen molar-refractivity contribution in [3.63, 3.8) is 0 Å². The minimum atomic E-state index is -0.502. The first-order valence-electron chi connectivity index (χ1n) is 9.36. The second-order valence-electron chi connectivity index (χ2n) is 6.65. The summed E-state index contributed by atoms with van der Waals surface area (Å²) in [6.07, 6.45) is 1.66. The lowest BCUT2D eigenvalue weighted by atomic mass is 10.1. The summed E-state index contributed by atoms with van der Waals surface area (Å²) in [5.74, 6) is 0.900. The number of ether oxygens (including phenoxy) is 3. The van der Waals surface area contributed by atoms with Gasteiger partial charge in [-0.25, -0.2) is 9.79 Å². The molecule has 0 bridgehead atoms. The minimum absolute atomic E-state index is 0.213. The number of carbonyl (C=O) groups is 1. The van der Waals surface area contributed by atoms with E-state index < -0.39 is 5.97 Å². The van der Waals surface area contributed by atoms with Crippen molar-refractivity contribution in [3.8, 4) is 11.5 Å². The van der Waals surface area contributed by atoms with Gasteiger partial charge in [0, 0.05) is 10.0 Å². The second kappa shape index (κ2) is 9.49. The molecule has 0 spiro atoms. The average Bonchev–Trinajstić information content (AvgIpc) is 3.14. The first kappa shape index (κ1) is 21.3. The molecule has 1 aliphatic heterocycles. The Morgan fingerprint density at radius 1 is 1.03 bits per heavy atom. The highest BCUT2D eigenvalue weighted by atomic mass is 79.9. The Morgan fingerprint density at radius 2 is 1.77 bits per heavy atom. The Bertz CT molecular complexity index is 1170. The van der Waals surface area contributed by atoms with Gasteiger partial charge in [0.05, 0.1) is 11.6 Å². The van der Waals surface area contributed by atoms with Crippen LogP contribution in [0, 0.1) is 0 Å². The Kier molecular flexibility index (Phi) is 6.53. The smallest absolute Gasteiger partial charge is 0.363 e. The van der Waals surface area contributed by atoms with Crippen LogP contribution in [0.3, 0.4) is 0 Å². The molecule has 0 saturated heterocycles. The summed E-state index contributed by atoms with van der Waals surface area (Å²) in [6.45, 7) is 0.406. The van der Waals surface area contributed by atoms with Crippen LogP contribution >= 0.6 is 31.9 Å². The number of aliphatic imine (C=N–C) groups is 1. The summed E-state index contributed by atoms with van der Waals surface area (Å²) in [6, 6.07) is 20.9. The van der Waals surface area contributed by atoms with E-state index in [2.05, 4.69) is 36.9 Å². The fraction of sp³-hybridized carbons (Fsp3) is 0.0833. The van der Waals surface area contributed by atoms with Gasteiger partial charge in [-0.3, -0.25) is 0 Å². The average molecular weight is 543 g/mol. The second-order valence-corrected chi connectivity index (χ2v) is 8.42. The molecule has 31 heavy (non-hydrogen) atoms. The van der Waals surface area contributed by atoms with E-state index in [0.717, 1.165) is 21.2 Å². The van der Waals surface area contributed by atoms with Crippen LogP contribution in [0.1, 0.15) is 16.7 Å². The zero-order valence-corrected chi connectivity index (χ0v) is 19.6. The van der Waals surface area contributed by atoms with Gasteiger partial charge in [0.15, 0.2) is 17.2 Å². The van der Waals surface area contributed by atoms with E-state index in [1.54, 1.807) is 19.3 Å². The first-order valence-corrected chi connectivity index (χ1v) is 10.9. The van der Waals surface area contributed by atoms with Gasteiger partial charge >= 0.3 is 5.97 Å². The molecule has 0 radical (unpaired) electrons. The maximum Gasteiger partial charge on any atom is 0.363 e. The lowest BCUT2D eigenvalue weighted by molar-refractivity contribution is -0.129. The topological polar surface area (TPSA) is 57.1 Å². The van der Waals surface area contributed by atoms with Gasteiger partial charge in [0.25, 0.3) is 0 Å². The molecule has 0 atom stereocenters. The third kappa shape index (κ3) is 5.06. The van der Waals surface area contributed by atoms with Crippen molar-refractivity contribution in [2.75, 3.05) is 7.11 Å². The molecule has 3 aromatic rings. The van der Waals surface area contributed by atoms with Crippen molar-refractivity contribution in [2.45, 2.75) is 6.61 Å². The molecule has 0 N–H and O–H groups in total. The fourth-order valence-electron chi connectivity index (χ4n) is 2.98. The number of cyclic esters (lactones) is 1. The molecule has 0 saturated carbocycles. The molecule has 5 nitrogen and oxygen atoms in total. The van der Waals surface area contributed by atoms with Crippen molar-refractivity contribution in [1.29, 1.82) is 0 Å². The fourth-order valence-corrected chi connectivity index (χ4v) is 3.81.